The fraction of sp³-hybridized carbons (Fsp3) is 0.154. The number of hydrogen-bond donors (Lipinski definition) is 2. The molecule has 0 saturated heterocycles. The number of nitrogens with zero attached hydrogens (tertiary/aromatic N) is 1. The van der Waals surface area contributed by atoms with E-state index in [4.69, 9.17) is 16.2 Å². The van der Waals surface area contributed by atoms with Crippen molar-refractivity contribution in [1.29, 1.82) is 0 Å². The van der Waals surface area contributed by atoms with E-state index in [9.17, 15) is 4.79 Å². The number of carbonyl (C=O) groups is 1. The van der Waals surface area contributed by atoms with Gasteiger partial charge in [-0.1, -0.05) is 54.6 Å². The standard InChI is InChI=1S/C26H23N3O2/c27-25(19-13-16-5-1-2-6-17(16)14-19)22-10-11-23(21-8-4-3-7-20(21)22)31-24-12-9-18(15-29-24)26(28)30/h1-12,15,19,25H,13-14,27H2,(H2,28,30). The smallest absolute Gasteiger partial charge is 0.250 e. The molecule has 5 nitrogen and oxygen atoms in total. The van der Waals surface area contributed by atoms with Gasteiger partial charge in [-0.15, -0.1) is 0 Å². The molecule has 5 heteroatoms. The second-order valence-corrected chi connectivity index (χ2v) is 8.01. The SMILES string of the molecule is NC(=O)c1ccc(Oc2ccc(C(N)C3Cc4ccccc4C3)c3ccccc23)nc1. The minimum atomic E-state index is -0.517. The average molecular weight is 409 g/mol. The molecule has 4 aromatic rings. The first-order valence-corrected chi connectivity index (χ1v) is 10.4. The number of amides is 1. The average Bonchev–Trinajstić information content (AvgIpc) is 3.24. The van der Waals surface area contributed by atoms with Gasteiger partial charge in [-0.05, 0) is 53.0 Å². The van der Waals surface area contributed by atoms with Crippen molar-refractivity contribution in [3.8, 4) is 11.6 Å². The Kier molecular flexibility index (Phi) is 4.88. The van der Waals surface area contributed by atoms with E-state index in [0.717, 1.165) is 29.2 Å². The van der Waals surface area contributed by atoms with Crippen molar-refractivity contribution in [1.82, 2.24) is 4.98 Å². The first-order valence-electron chi connectivity index (χ1n) is 10.4. The molecule has 3 aromatic carbocycles. The van der Waals surface area contributed by atoms with Crippen LogP contribution in [0.3, 0.4) is 0 Å². The Labute approximate surface area is 180 Å². The maximum atomic E-state index is 11.3. The van der Waals surface area contributed by atoms with Crippen molar-refractivity contribution in [2.45, 2.75) is 18.9 Å². The number of pyridine rings is 1. The zero-order valence-corrected chi connectivity index (χ0v) is 17.0. The highest BCUT2D eigenvalue weighted by atomic mass is 16.5. The van der Waals surface area contributed by atoms with Gasteiger partial charge < -0.3 is 16.2 Å². The highest BCUT2D eigenvalue weighted by molar-refractivity contribution is 5.93. The van der Waals surface area contributed by atoms with Crippen molar-refractivity contribution >= 4 is 16.7 Å². The molecule has 4 N–H and O–H groups in total. The zero-order valence-electron chi connectivity index (χ0n) is 17.0. The van der Waals surface area contributed by atoms with Gasteiger partial charge in [0, 0.05) is 23.7 Å². The van der Waals surface area contributed by atoms with Crippen molar-refractivity contribution in [3.05, 3.63) is 101 Å². The number of hydrogen-bond acceptors (Lipinski definition) is 4. The molecule has 1 aromatic heterocycles. The summed E-state index contributed by atoms with van der Waals surface area (Å²) in [5.74, 6) is 0.950. The number of benzene rings is 3. The van der Waals surface area contributed by atoms with E-state index >= 15 is 0 Å². The molecule has 1 heterocycles. The van der Waals surface area contributed by atoms with Gasteiger partial charge in [0.25, 0.3) is 0 Å². The van der Waals surface area contributed by atoms with Crippen LogP contribution >= 0.6 is 0 Å². The Bertz CT molecular complexity index is 1240. The maximum absolute atomic E-state index is 11.3. The van der Waals surface area contributed by atoms with Crippen molar-refractivity contribution in [2.24, 2.45) is 17.4 Å². The predicted molar refractivity (Wildman–Crippen MR) is 121 cm³/mol. The van der Waals surface area contributed by atoms with Crippen LogP contribution in [-0.2, 0) is 12.8 Å². The third kappa shape index (κ3) is 3.64. The summed E-state index contributed by atoms with van der Waals surface area (Å²) in [6.45, 7) is 0. The van der Waals surface area contributed by atoms with Crippen LogP contribution in [0.25, 0.3) is 10.8 Å². The third-order valence-electron chi connectivity index (χ3n) is 6.10. The number of carbonyl (C=O) groups excluding carboxylic acids is 1. The van der Waals surface area contributed by atoms with Gasteiger partial charge in [0.05, 0.1) is 5.56 Å². The van der Waals surface area contributed by atoms with Crippen LogP contribution in [0.4, 0.5) is 0 Å². The lowest BCUT2D eigenvalue weighted by Crippen LogP contribution is -2.22. The topological polar surface area (TPSA) is 91.2 Å². The van der Waals surface area contributed by atoms with E-state index < -0.39 is 5.91 Å². The zero-order chi connectivity index (χ0) is 21.4. The van der Waals surface area contributed by atoms with E-state index in [1.165, 1.54) is 17.3 Å². The van der Waals surface area contributed by atoms with Crippen LogP contribution in [0.15, 0.2) is 79.0 Å². The van der Waals surface area contributed by atoms with Crippen LogP contribution in [0, 0.1) is 5.92 Å². The Morgan fingerprint density at radius 3 is 2.23 bits per heavy atom. The van der Waals surface area contributed by atoms with Crippen molar-refractivity contribution in [3.63, 3.8) is 0 Å². The van der Waals surface area contributed by atoms with Crippen LogP contribution in [0.1, 0.15) is 33.1 Å². The van der Waals surface area contributed by atoms with Crippen LogP contribution < -0.4 is 16.2 Å². The largest absolute Gasteiger partial charge is 0.438 e. The number of nitrogens with two attached hydrogens (primary N) is 2. The Hall–Kier alpha value is -3.70. The van der Waals surface area contributed by atoms with E-state index in [-0.39, 0.29) is 6.04 Å². The van der Waals surface area contributed by atoms with Crippen molar-refractivity contribution in [2.75, 3.05) is 0 Å². The molecule has 5 rings (SSSR count). The van der Waals surface area contributed by atoms with Gasteiger partial charge in [-0.25, -0.2) is 4.98 Å². The lowest BCUT2D eigenvalue weighted by molar-refractivity contribution is 0.1000. The second-order valence-electron chi connectivity index (χ2n) is 8.01. The van der Waals surface area contributed by atoms with Crippen LogP contribution in [0.2, 0.25) is 0 Å². The summed E-state index contributed by atoms with van der Waals surface area (Å²) in [5.41, 5.74) is 16.3. The summed E-state index contributed by atoms with van der Waals surface area (Å²) in [5, 5.41) is 2.06. The summed E-state index contributed by atoms with van der Waals surface area (Å²) in [6, 6.07) is 23.9. The minimum absolute atomic E-state index is 0.0701. The minimum Gasteiger partial charge on any atom is -0.438 e. The molecule has 154 valence electrons. The summed E-state index contributed by atoms with van der Waals surface area (Å²) in [6.07, 6.45) is 3.42. The second kappa shape index (κ2) is 7.85. The van der Waals surface area contributed by atoms with Gasteiger partial charge >= 0.3 is 0 Å². The lowest BCUT2D eigenvalue weighted by atomic mass is 9.88. The molecule has 1 amide bonds. The first kappa shape index (κ1) is 19.3. The molecule has 31 heavy (non-hydrogen) atoms. The van der Waals surface area contributed by atoms with E-state index in [1.807, 2.05) is 24.3 Å². The third-order valence-corrected chi connectivity index (χ3v) is 6.10. The van der Waals surface area contributed by atoms with Crippen molar-refractivity contribution < 1.29 is 9.53 Å². The van der Waals surface area contributed by atoms with Crippen LogP contribution in [-0.4, -0.2) is 10.9 Å². The molecular weight excluding hydrogens is 386 g/mol. The molecule has 1 atom stereocenters. The van der Waals surface area contributed by atoms with E-state index in [0.29, 0.717) is 23.1 Å². The highest BCUT2D eigenvalue weighted by Gasteiger charge is 2.28. The quantitative estimate of drug-likeness (QED) is 0.506. The fourth-order valence-corrected chi connectivity index (χ4v) is 4.47. The monoisotopic (exact) mass is 409 g/mol. The number of fused-ring (bicyclic) bond motifs is 2. The Morgan fingerprint density at radius 2 is 1.58 bits per heavy atom. The summed E-state index contributed by atoms with van der Waals surface area (Å²) in [4.78, 5) is 15.5. The number of rotatable bonds is 5. The maximum Gasteiger partial charge on any atom is 0.250 e. The summed E-state index contributed by atoms with van der Waals surface area (Å²) >= 11 is 0. The number of ether oxygens (including phenoxy) is 1. The molecule has 0 aliphatic heterocycles. The number of primary amides is 1. The molecule has 0 radical (unpaired) electrons. The molecule has 0 fully saturated rings. The van der Waals surface area contributed by atoms with Gasteiger partial charge in [0.15, 0.2) is 0 Å². The lowest BCUT2D eigenvalue weighted by Gasteiger charge is -2.22. The van der Waals surface area contributed by atoms with Gasteiger partial charge in [-0.3, -0.25) is 4.79 Å². The Balaban J connectivity index is 1.46. The molecular formula is C26H23N3O2. The molecule has 1 aliphatic rings. The number of aromatic nitrogens is 1. The molecule has 0 bridgehead atoms. The highest BCUT2D eigenvalue weighted by Crippen LogP contribution is 2.39. The molecule has 1 unspecified atom stereocenters. The van der Waals surface area contributed by atoms with E-state index in [2.05, 4.69) is 41.4 Å². The van der Waals surface area contributed by atoms with Gasteiger partial charge in [0.1, 0.15) is 5.75 Å². The predicted octanol–water partition coefficient (Wildman–Crippen LogP) is 4.54. The first-order chi connectivity index (χ1) is 15.1. The van der Waals surface area contributed by atoms with Crippen LogP contribution in [0.5, 0.6) is 11.6 Å². The Morgan fingerprint density at radius 1 is 0.903 bits per heavy atom. The molecule has 0 spiro atoms. The van der Waals surface area contributed by atoms with Gasteiger partial charge in [-0.2, -0.15) is 0 Å². The summed E-state index contributed by atoms with van der Waals surface area (Å²) < 4.78 is 6.03. The van der Waals surface area contributed by atoms with E-state index in [1.54, 1.807) is 12.1 Å². The fourth-order valence-electron chi connectivity index (χ4n) is 4.47. The molecule has 1 aliphatic carbocycles. The molecule has 0 saturated carbocycles. The summed E-state index contributed by atoms with van der Waals surface area (Å²) in [7, 11) is 0. The van der Waals surface area contributed by atoms with Gasteiger partial charge in [0.2, 0.25) is 11.8 Å². The normalized spacial score (nSPS) is 14.4.